The van der Waals surface area contributed by atoms with E-state index < -0.39 is 4.92 Å². The van der Waals surface area contributed by atoms with Crippen LogP contribution in [-0.4, -0.2) is 42.9 Å². The maximum absolute atomic E-state index is 10.7. The van der Waals surface area contributed by atoms with Crippen molar-refractivity contribution < 1.29 is 4.92 Å². The predicted octanol–water partition coefficient (Wildman–Crippen LogP) is 3.62. The molecule has 0 radical (unpaired) electrons. The molecule has 4 rings (SSSR count). The van der Waals surface area contributed by atoms with E-state index >= 15 is 0 Å². The third-order valence-corrected chi connectivity index (χ3v) is 5.90. The van der Waals surface area contributed by atoms with E-state index in [0.717, 1.165) is 17.0 Å². The fourth-order valence-electron chi connectivity index (χ4n) is 2.76. The highest BCUT2D eigenvalue weighted by Gasteiger charge is 2.17. The first-order valence-electron chi connectivity index (χ1n) is 9.11. The molecule has 10 nitrogen and oxygen atoms in total. The summed E-state index contributed by atoms with van der Waals surface area (Å²) in [6, 6.07) is 10.5. The van der Waals surface area contributed by atoms with Gasteiger partial charge in [-0.3, -0.25) is 10.1 Å². The maximum atomic E-state index is 10.7. The van der Waals surface area contributed by atoms with Crippen LogP contribution in [0, 0.1) is 10.1 Å². The Bertz CT molecular complexity index is 1170. The fourth-order valence-corrected chi connectivity index (χ4v) is 4.24. The number of anilines is 2. The summed E-state index contributed by atoms with van der Waals surface area (Å²) in [5.41, 5.74) is 2.23. The first-order chi connectivity index (χ1) is 15.1. The lowest BCUT2D eigenvalue weighted by Crippen LogP contribution is -2.21. The molecule has 31 heavy (non-hydrogen) atoms. The highest BCUT2D eigenvalue weighted by molar-refractivity contribution is 14.2. The van der Waals surface area contributed by atoms with Crippen LogP contribution in [0.3, 0.4) is 0 Å². The smallest absolute Gasteiger partial charge is 0.287 e. The zero-order valence-electron chi connectivity index (χ0n) is 15.9. The van der Waals surface area contributed by atoms with Gasteiger partial charge in [0.15, 0.2) is 0 Å². The van der Waals surface area contributed by atoms with Gasteiger partial charge < -0.3 is 16.0 Å². The summed E-state index contributed by atoms with van der Waals surface area (Å²) in [4.78, 5) is 23.3. The Balaban J connectivity index is 1.46. The van der Waals surface area contributed by atoms with Crippen molar-refractivity contribution in [1.82, 2.24) is 20.3 Å². The molecule has 0 bridgehead atoms. The molecular formula is C19H16ClIN8O2. The van der Waals surface area contributed by atoms with Gasteiger partial charge in [-0.25, -0.2) is 18.2 Å². The molecule has 3 N–H and O–H groups in total. The SMILES string of the molecule is O=[N+]([O-])c1ccc(NCCNc2ncc(C3=NI=CN3)c(-c3ccccc3Cl)n2)nc1. The summed E-state index contributed by atoms with van der Waals surface area (Å²) in [7, 11) is 0. The fraction of sp³-hybridized carbons (Fsp3) is 0.105. The molecule has 3 aromatic rings. The minimum atomic E-state index is -0.484. The molecule has 1 aliphatic rings. The van der Waals surface area contributed by atoms with Gasteiger partial charge in [0.05, 0.1) is 20.3 Å². The summed E-state index contributed by atoms with van der Waals surface area (Å²) < 4.78 is 6.50. The number of halogens is 2. The molecule has 0 amide bonds. The van der Waals surface area contributed by atoms with E-state index in [1.54, 1.807) is 12.3 Å². The van der Waals surface area contributed by atoms with Crippen molar-refractivity contribution in [2.45, 2.75) is 0 Å². The van der Waals surface area contributed by atoms with Gasteiger partial charge in [0.2, 0.25) is 5.95 Å². The Kier molecular flexibility index (Phi) is 6.62. The summed E-state index contributed by atoms with van der Waals surface area (Å²) >= 11 is 6.05. The normalized spacial score (nSPS) is 12.5. The average Bonchev–Trinajstić information content (AvgIpc) is 3.32. The van der Waals surface area contributed by atoms with Gasteiger partial charge in [-0.1, -0.05) is 29.8 Å². The number of amidine groups is 1. The molecule has 3 heterocycles. The van der Waals surface area contributed by atoms with E-state index in [-0.39, 0.29) is 26.7 Å². The van der Waals surface area contributed by atoms with Crippen molar-refractivity contribution in [3.8, 4) is 11.3 Å². The van der Waals surface area contributed by atoms with Crippen LogP contribution < -0.4 is 16.0 Å². The summed E-state index contributed by atoms with van der Waals surface area (Å²) in [6.07, 6.45) is 2.95. The second-order valence-electron chi connectivity index (χ2n) is 6.23. The van der Waals surface area contributed by atoms with E-state index in [1.165, 1.54) is 12.3 Å². The molecule has 0 saturated heterocycles. The van der Waals surface area contributed by atoms with Crippen LogP contribution in [0.15, 0.2) is 52.0 Å². The number of nitrogens with zero attached hydrogens (tertiary/aromatic N) is 5. The third-order valence-electron chi connectivity index (χ3n) is 4.22. The molecule has 0 aliphatic carbocycles. The highest BCUT2D eigenvalue weighted by atomic mass is 127. The topological polar surface area (TPSA) is 130 Å². The molecule has 0 saturated carbocycles. The van der Waals surface area contributed by atoms with Crippen molar-refractivity contribution >= 4 is 60.0 Å². The zero-order valence-corrected chi connectivity index (χ0v) is 18.8. The minimum absolute atomic E-state index is 0.0506. The van der Waals surface area contributed by atoms with Gasteiger partial charge in [0.1, 0.15) is 17.9 Å². The number of benzene rings is 1. The van der Waals surface area contributed by atoms with Gasteiger partial charge in [-0.2, -0.15) is 0 Å². The average molecular weight is 551 g/mol. The van der Waals surface area contributed by atoms with E-state index in [1.807, 2.05) is 28.4 Å². The largest absolute Gasteiger partial charge is 0.368 e. The van der Waals surface area contributed by atoms with E-state index in [9.17, 15) is 10.1 Å². The van der Waals surface area contributed by atoms with Crippen molar-refractivity contribution in [1.29, 1.82) is 0 Å². The lowest BCUT2D eigenvalue weighted by molar-refractivity contribution is -0.385. The van der Waals surface area contributed by atoms with E-state index in [2.05, 4.69) is 34.1 Å². The van der Waals surface area contributed by atoms with Crippen LogP contribution in [0.5, 0.6) is 0 Å². The molecule has 0 spiro atoms. The van der Waals surface area contributed by atoms with Crippen molar-refractivity contribution in [3.63, 3.8) is 0 Å². The molecule has 1 aromatic carbocycles. The first kappa shape index (κ1) is 21.1. The number of pyridine rings is 1. The highest BCUT2D eigenvalue weighted by Crippen LogP contribution is 2.30. The number of aromatic nitrogens is 3. The van der Waals surface area contributed by atoms with Crippen LogP contribution in [0.4, 0.5) is 17.5 Å². The number of nitrogens with one attached hydrogen (secondary N) is 3. The third kappa shape index (κ3) is 5.11. The van der Waals surface area contributed by atoms with Crippen LogP contribution >= 0.6 is 32.6 Å². The standard InChI is InChI=1S/C19H16ClIN8O2/c20-15-4-2-1-3-13(15)17-14(18-26-11-21-28-18)10-25-19(27-17)23-8-7-22-16-6-5-12(9-24-16)29(30)31/h1-6,9-11H,7-8H2,(H,22,24)(H,26,28)(H,23,25,27). The van der Waals surface area contributed by atoms with Gasteiger partial charge in [0, 0.05) is 56.9 Å². The second-order valence-corrected chi connectivity index (χ2v) is 8.30. The van der Waals surface area contributed by atoms with E-state index in [4.69, 9.17) is 11.6 Å². The minimum Gasteiger partial charge on any atom is -0.368 e. The Morgan fingerprint density at radius 1 is 1.06 bits per heavy atom. The van der Waals surface area contributed by atoms with E-state index in [0.29, 0.717) is 35.6 Å². The second kappa shape index (κ2) is 9.75. The maximum Gasteiger partial charge on any atom is 0.287 e. The van der Waals surface area contributed by atoms with Gasteiger partial charge in [-0.05, 0) is 12.1 Å². The number of nitro groups is 1. The zero-order chi connectivity index (χ0) is 21.6. The Labute approximate surface area is 192 Å². The van der Waals surface area contributed by atoms with Crippen LogP contribution in [-0.2, 0) is 0 Å². The molecule has 158 valence electrons. The quantitative estimate of drug-likeness (QED) is 0.168. The molecule has 0 fully saturated rings. The van der Waals surface area contributed by atoms with Crippen molar-refractivity contribution in [2.75, 3.05) is 23.7 Å². The lowest BCUT2D eigenvalue weighted by atomic mass is 10.1. The Morgan fingerprint density at radius 2 is 1.90 bits per heavy atom. The Hall–Kier alpha value is -3.19. The number of rotatable bonds is 8. The predicted molar refractivity (Wildman–Crippen MR) is 130 cm³/mol. The monoisotopic (exact) mass is 550 g/mol. The van der Waals surface area contributed by atoms with Crippen LogP contribution in [0.1, 0.15) is 5.56 Å². The summed E-state index contributed by atoms with van der Waals surface area (Å²) in [5, 5.41) is 20.7. The van der Waals surface area contributed by atoms with Crippen molar-refractivity contribution in [3.05, 3.63) is 69.5 Å². The first-order valence-corrected chi connectivity index (χ1v) is 11.7. The molecule has 0 atom stereocenters. The summed E-state index contributed by atoms with van der Waals surface area (Å²) in [6.45, 7) is 1.03. The lowest BCUT2D eigenvalue weighted by Gasteiger charge is -2.13. The molecule has 0 unspecified atom stereocenters. The molecular weight excluding hydrogens is 535 g/mol. The molecule has 1 aliphatic heterocycles. The van der Waals surface area contributed by atoms with Crippen LogP contribution in [0.2, 0.25) is 5.02 Å². The number of hydrogen-bond acceptors (Lipinski definition) is 9. The van der Waals surface area contributed by atoms with Gasteiger partial charge in [0.25, 0.3) is 5.69 Å². The van der Waals surface area contributed by atoms with Crippen LogP contribution in [0.25, 0.3) is 11.3 Å². The molecule has 12 heteroatoms. The van der Waals surface area contributed by atoms with Gasteiger partial charge >= 0.3 is 0 Å². The van der Waals surface area contributed by atoms with Crippen molar-refractivity contribution in [2.24, 2.45) is 3.21 Å². The summed E-state index contributed by atoms with van der Waals surface area (Å²) in [5.74, 6) is 1.75. The number of hydrogen-bond donors (Lipinski definition) is 3. The van der Waals surface area contributed by atoms with Gasteiger partial charge in [-0.15, -0.1) is 0 Å². The molecule has 2 aromatic heterocycles. The Morgan fingerprint density at radius 3 is 2.61 bits per heavy atom.